The van der Waals surface area contributed by atoms with Crippen molar-refractivity contribution >= 4 is 11.3 Å². The maximum absolute atomic E-state index is 4.69. The molecule has 1 fully saturated rings. The molecule has 4 rings (SSSR count). The Morgan fingerprint density at radius 1 is 1.22 bits per heavy atom. The molecule has 0 bridgehead atoms. The highest BCUT2D eigenvalue weighted by molar-refractivity contribution is 7.15. The Morgan fingerprint density at radius 2 is 2.04 bits per heavy atom. The van der Waals surface area contributed by atoms with Gasteiger partial charge in [-0.2, -0.15) is 0 Å². The molecule has 3 heterocycles. The largest absolute Gasteiger partial charge is 0.337 e. The van der Waals surface area contributed by atoms with Gasteiger partial charge in [-0.1, -0.05) is 38.1 Å². The number of piperazine rings is 1. The van der Waals surface area contributed by atoms with E-state index in [1.807, 2.05) is 18.6 Å². The van der Waals surface area contributed by atoms with Crippen molar-refractivity contribution in [3.05, 3.63) is 59.1 Å². The van der Waals surface area contributed by atoms with Gasteiger partial charge in [0.1, 0.15) is 10.8 Å². The summed E-state index contributed by atoms with van der Waals surface area (Å²) in [5.41, 5.74) is 2.57. The van der Waals surface area contributed by atoms with Crippen molar-refractivity contribution in [1.29, 1.82) is 0 Å². The predicted molar refractivity (Wildman–Crippen MR) is 111 cm³/mol. The minimum atomic E-state index is 0.301. The number of aryl methyl sites for hydroxylation is 1. The van der Waals surface area contributed by atoms with E-state index in [1.54, 1.807) is 11.3 Å². The van der Waals surface area contributed by atoms with E-state index < -0.39 is 0 Å². The number of nitrogens with one attached hydrogen (secondary N) is 1. The number of benzene rings is 1. The Balaban J connectivity index is 1.50. The van der Waals surface area contributed by atoms with E-state index >= 15 is 0 Å². The van der Waals surface area contributed by atoms with Gasteiger partial charge >= 0.3 is 0 Å². The van der Waals surface area contributed by atoms with E-state index in [4.69, 9.17) is 0 Å². The molecule has 27 heavy (non-hydrogen) atoms. The molecule has 3 aromatic rings. The third-order valence-electron chi connectivity index (χ3n) is 5.25. The lowest BCUT2D eigenvalue weighted by Gasteiger charge is -2.35. The first kappa shape index (κ1) is 18.3. The summed E-state index contributed by atoms with van der Waals surface area (Å²) in [6, 6.07) is 9.12. The number of rotatable bonds is 5. The van der Waals surface area contributed by atoms with Gasteiger partial charge in [0, 0.05) is 62.3 Å². The zero-order valence-corrected chi connectivity index (χ0v) is 17.0. The van der Waals surface area contributed by atoms with Crippen molar-refractivity contribution in [3.8, 4) is 10.6 Å². The second-order valence-corrected chi connectivity index (χ2v) is 8.61. The number of imidazole rings is 1. The molecule has 2 aromatic heterocycles. The van der Waals surface area contributed by atoms with Crippen molar-refractivity contribution in [1.82, 2.24) is 24.8 Å². The molecule has 5 nitrogen and oxygen atoms in total. The first-order chi connectivity index (χ1) is 13.1. The second-order valence-electron chi connectivity index (χ2n) is 7.50. The van der Waals surface area contributed by atoms with Crippen LogP contribution >= 0.6 is 11.3 Å². The van der Waals surface area contributed by atoms with Crippen molar-refractivity contribution in [2.75, 3.05) is 19.6 Å². The van der Waals surface area contributed by atoms with Crippen molar-refractivity contribution in [2.45, 2.75) is 32.4 Å². The number of nitrogens with zero attached hydrogens (tertiary/aromatic N) is 4. The lowest BCUT2D eigenvalue weighted by atomic mass is 10.0. The van der Waals surface area contributed by atoms with E-state index in [0.717, 1.165) is 37.0 Å². The second kappa shape index (κ2) is 7.92. The fourth-order valence-corrected chi connectivity index (χ4v) is 4.56. The van der Waals surface area contributed by atoms with Crippen LogP contribution in [0.3, 0.4) is 0 Å². The quantitative estimate of drug-likeness (QED) is 0.730. The molecular formula is C21H27N5S. The maximum Gasteiger partial charge on any atom is 0.127 e. The maximum atomic E-state index is 4.69. The Morgan fingerprint density at radius 3 is 2.74 bits per heavy atom. The molecule has 0 radical (unpaired) electrons. The summed E-state index contributed by atoms with van der Waals surface area (Å²) in [4.78, 5) is 13.1. The molecule has 1 atom stereocenters. The standard InChI is InChI=1S/C21H27N5S/c1-15(2)16-4-6-17(7-5-16)21-24-12-18(27-21)14-26-11-8-22-13-19(26)20-23-9-10-25(20)3/h4-7,9-10,12,15,19,22H,8,11,13-14H2,1-3H3. The summed E-state index contributed by atoms with van der Waals surface area (Å²) in [5.74, 6) is 1.68. The highest BCUT2D eigenvalue weighted by Crippen LogP contribution is 2.29. The van der Waals surface area contributed by atoms with Crippen LogP contribution in [0, 0.1) is 0 Å². The van der Waals surface area contributed by atoms with E-state index in [9.17, 15) is 0 Å². The minimum Gasteiger partial charge on any atom is -0.337 e. The lowest BCUT2D eigenvalue weighted by molar-refractivity contribution is 0.146. The highest BCUT2D eigenvalue weighted by atomic mass is 32.1. The number of aromatic nitrogens is 3. The number of hydrogen-bond donors (Lipinski definition) is 1. The molecule has 0 spiro atoms. The Bertz CT molecular complexity index is 880. The molecule has 1 aliphatic rings. The summed E-state index contributed by atoms with van der Waals surface area (Å²) in [7, 11) is 2.07. The molecule has 6 heteroatoms. The van der Waals surface area contributed by atoms with Crippen LogP contribution in [0.2, 0.25) is 0 Å². The van der Waals surface area contributed by atoms with Gasteiger partial charge in [0.2, 0.25) is 0 Å². The van der Waals surface area contributed by atoms with Gasteiger partial charge in [0.15, 0.2) is 0 Å². The van der Waals surface area contributed by atoms with E-state index in [-0.39, 0.29) is 0 Å². The third kappa shape index (κ3) is 3.98. The monoisotopic (exact) mass is 381 g/mol. The van der Waals surface area contributed by atoms with Crippen molar-refractivity contribution in [3.63, 3.8) is 0 Å². The van der Waals surface area contributed by atoms with Crippen molar-refractivity contribution in [2.24, 2.45) is 7.05 Å². The normalized spacial score (nSPS) is 18.3. The molecule has 1 saturated heterocycles. The smallest absolute Gasteiger partial charge is 0.127 e. The van der Waals surface area contributed by atoms with Gasteiger partial charge < -0.3 is 9.88 Å². The first-order valence-electron chi connectivity index (χ1n) is 9.59. The molecular weight excluding hydrogens is 354 g/mol. The predicted octanol–water partition coefficient (Wildman–Crippen LogP) is 3.81. The molecule has 0 saturated carbocycles. The summed E-state index contributed by atoms with van der Waals surface area (Å²) in [6.45, 7) is 8.34. The molecule has 0 amide bonds. The Hall–Kier alpha value is -2.02. The number of thiazole rings is 1. The van der Waals surface area contributed by atoms with E-state index in [2.05, 4.69) is 69.9 Å². The Kier molecular flexibility index (Phi) is 5.38. The number of hydrogen-bond acceptors (Lipinski definition) is 5. The zero-order chi connectivity index (χ0) is 18.8. The van der Waals surface area contributed by atoms with Crippen LogP contribution in [0.1, 0.15) is 42.1 Å². The van der Waals surface area contributed by atoms with Crippen LogP contribution in [0.25, 0.3) is 10.6 Å². The molecule has 1 unspecified atom stereocenters. The fourth-order valence-electron chi connectivity index (χ4n) is 3.61. The van der Waals surface area contributed by atoms with Gasteiger partial charge in [-0.25, -0.2) is 9.97 Å². The van der Waals surface area contributed by atoms with Crippen LogP contribution < -0.4 is 5.32 Å². The SMILES string of the molecule is CC(C)c1ccc(-c2ncc(CN3CCNCC3c3nccn3C)s2)cc1. The average Bonchev–Trinajstić information content (AvgIpc) is 3.31. The molecule has 1 aliphatic heterocycles. The van der Waals surface area contributed by atoms with Crippen LogP contribution in [-0.4, -0.2) is 39.1 Å². The molecule has 1 aromatic carbocycles. The first-order valence-corrected chi connectivity index (χ1v) is 10.4. The third-order valence-corrected chi connectivity index (χ3v) is 6.28. The van der Waals surface area contributed by atoms with Gasteiger partial charge in [0.05, 0.1) is 6.04 Å². The van der Waals surface area contributed by atoms with Crippen LogP contribution in [0.5, 0.6) is 0 Å². The topological polar surface area (TPSA) is 46.0 Å². The van der Waals surface area contributed by atoms with E-state index in [0.29, 0.717) is 12.0 Å². The van der Waals surface area contributed by atoms with Crippen LogP contribution in [0.15, 0.2) is 42.9 Å². The van der Waals surface area contributed by atoms with Crippen molar-refractivity contribution < 1.29 is 0 Å². The summed E-state index contributed by atoms with van der Waals surface area (Å²) in [6.07, 6.45) is 5.94. The van der Waals surface area contributed by atoms with Crippen LogP contribution in [-0.2, 0) is 13.6 Å². The fraction of sp³-hybridized carbons (Fsp3) is 0.429. The summed E-state index contributed by atoms with van der Waals surface area (Å²) in [5, 5.41) is 4.61. The Labute approximate surface area is 165 Å². The summed E-state index contributed by atoms with van der Waals surface area (Å²) < 4.78 is 2.12. The molecule has 0 aliphatic carbocycles. The molecule has 1 N–H and O–H groups in total. The van der Waals surface area contributed by atoms with E-state index in [1.165, 1.54) is 16.0 Å². The van der Waals surface area contributed by atoms with Gasteiger partial charge in [-0.05, 0) is 11.5 Å². The van der Waals surface area contributed by atoms with Gasteiger partial charge in [-0.15, -0.1) is 11.3 Å². The summed E-state index contributed by atoms with van der Waals surface area (Å²) >= 11 is 1.80. The van der Waals surface area contributed by atoms with Gasteiger partial charge in [0.25, 0.3) is 0 Å². The zero-order valence-electron chi connectivity index (χ0n) is 16.2. The lowest BCUT2D eigenvalue weighted by Crippen LogP contribution is -2.46. The minimum absolute atomic E-state index is 0.301. The van der Waals surface area contributed by atoms with Gasteiger partial charge in [-0.3, -0.25) is 4.90 Å². The highest BCUT2D eigenvalue weighted by Gasteiger charge is 2.27. The van der Waals surface area contributed by atoms with Crippen LogP contribution in [0.4, 0.5) is 0 Å². The average molecular weight is 382 g/mol. The molecule has 142 valence electrons.